The summed E-state index contributed by atoms with van der Waals surface area (Å²) >= 11 is 0. The Kier molecular flexibility index (Phi) is 7.91. The van der Waals surface area contributed by atoms with E-state index in [1.165, 1.54) is 0 Å². The van der Waals surface area contributed by atoms with Crippen molar-refractivity contribution < 1.29 is 41.4 Å². The molecule has 33 heavy (non-hydrogen) atoms. The Morgan fingerprint density at radius 1 is 1.03 bits per heavy atom. The van der Waals surface area contributed by atoms with Gasteiger partial charge in [0, 0.05) is 37.8 Å². The van der Waals surface area contributed by atoms with Crippen LogP contribution < -0.4 is 4.74 Å². The van der Waals surface area contributed by atoms with Crippen LogP contribution in [0.2, 0.25) is 0 Å². The minimum absolute atomic E-state index is 0.0554. The average molecular weight is 476 g/mol. The smallest absolute Gasteiger partial charge is 0.449 e. The number of likely N-dealkylation sites (tertiary alicyclic amines) is 2. The summed E-state index contributed by atoms with van der Waals surface area (Å²) in [5, 5.41) is 0. The number of hydrogen-bond donors (Lipinski definition) is 0. The predicted molar refractivity (Wildman–Crippen MR) is 109 cm³/mol. The number of rotatable bonds is 5. The maximum Gasteiger partial charge on any atom is 0.573 e. The fourth-order valence-corrected chi connectivity index (χ4v) is 4.08. The molecule has 2 aliphatic heterocycles. The number of halogens is 4. The Morgan fingerprint density at radius 2 is 1.64 bits per heavy atom. The number of carbonyl (C=O) groups is 2. The lowest BCUT2D eigenvalue weighted by Crippen LogP contribution is -2.34. The summed E-state index contributed by atoms with van der Waals surface area (Å²) in [5.41, 5.74) is -0.0554. The van der Waals surface area contributed by atoms with E-state index in [4.69, 9.17) is 9.47 Å². The lowest BCUT2D eigenvalue weighted by Gasteiger charge is -2.22. The number of benzene rings is 1. The summed E-state index contributed by atoms with van der Waals surface area (Å²) in [6, 6.07) is 2.65. The molecule has 0 N–H and O–H groups in total. The molecule has 184 valence electrons. The fourth-order valence-electron chi connectivity index (χ4n) is 4.08. The number of fused-ring (bicyclic) bond motifs is 1. The van der Waals surface area contributed by atoms with Crippen molar-refractivity contribution in [3.63, 3.8) is 0 Å². The number of ether oxygens (including phenoxy) is 3. The highest BCUT2D eigenvalue weighted by molar-refractivity contribution is 5.68. The molecule has 0 saturated carbocycles. The second-order valence-electron chi connectivity index (χ2n) is 8.82. The second kappa shape index (κ2) is 10.5. The molecule has 0 spiro atoms. The van der Waals surface area contributed by atoms with Crippen molar-refractivity contribution in [2.45, 2.75) is 39.7 Å². The van der Waals surface area contributed by atoms with Gasteiger partial charge in [-0.15, -0.1) is 13.2 Å². The van der Waals surface area contributed by atoms with Crippen molar-refractivity contribution in [1.82, 2.24) is 9.80 Å². The molecule has 3 rings (SSSR count). The van der Waals surface area contributed by atoms with Crippen LogP contribution in [0.15, 0.2) is 18.2 Å². The molecule has 11 heteroatoms. The standard InChI is InChI=1S/C22H28F4N2O5/c1-14(2)12-31-21(30)28-10-15-5-7-27(8-6-16(15)11-28)20(29)32-13-17-3-4-18(9-19(17)23)33-22(24,25)26/h3-4,9,14-16H,5-8,10-13H2,1-2H3. The molecule has 7 nitrogen and oxygen atoms in total. The van der Waals surface area contributed by atoms with E-state index >= 15 is 0 Å². The van der Waals surface area contributed by atoms with Crippen molar-refractivity contribution in [1.29, 1.82) is 0 Å². The van der Waals surface area contributed by atoms with E-state index < -0.39 is 30.6 Å². The first-order valence-electron chi connectivity index (χ1n) is 10.9. The van der Waals surface area contributed by atoms with Crippen molar-refractivity contribution >= 4 is 12.2 Å². The Bertz CT molecular complexity index is 833. The van der Waals surface area contributed by atoms with Gasteiger partial charge >= 0.3 is 18.5 Å². The molecule has 1 aromatic carbocycles. The quantitative estimate of drug-likeness (QED) is 0.572. The van der Waals surface area contributed by atoms with Gasteiger partial charge in [0.2, 0.25) is 0 Å². The highest BCUT2D eigenvalue weighted by Gasteiger charge is 2.38. The monoisotopic (exact) mass is 476 g/mol. The number of nitrogens with zero attached hydrogens (tertiary/aromatic N) is 2. The molecule has 2 unspecified atom stereocenters. The van der Waals surface area contributed by atoms with E-state index in [1.54, 1.807) is 9.80 Å². The average Bonchev–Trinajstić information content (AvgIpc) is 3.03. The number of carbonyl (C=O) groups excluding carboxylic acids is 2. The molecule has 2 atom stereocenters. The zero-order chi connectivity index (χ0) is 24.2. The molecular weight excluding hydrogens is 448 g/mol. The number of hydrogen-bond acceptors (Lipinski definition) is 5. The molecule has 0 radical (unpaired) electrons. The van der Waals surface area contributed by atoms with Gasteiger partial charge in [-0.2, -0.15) is 0 Å². The number of amides is 2. The van der Waals surface area contributed by atoms with Crippen LogP contribution in [-0.2, 0) is 16.1 Å². The minimum Gasteiger partial charge on any atom is -0.449 e. The van der Waals surface area contributed by atoms with Crippen LogP contribution in [0.3, 0.4) is 0 Å². The maximum absolute atomic E-state index is 14.0. The SMILES string of the molecule is CC(C)COC(=O)N1CC2CCN(C(=O)OCc3ccc(OC(F)(F)F)cc3F)CCC2C1. The van der Waals surface area contributed by atoms with Crippen LogP contribution in [0, 0.1) is 23.6 Å². The second-order valence-corrected chi connectivity index (χ2v) is 8.82. The van der Waals surface area contributed by atoms with Crippen molar-refractivity contribution in [3.05, 3.63) is 29.6 Å². The van der Waals surface area contributed by atoms with Gasteiger partial charge in [0.1, 0.15) is 18.2 Å². The van der Waals surface area contributed by atoms with E-state index in [9.17, 15) is 27.2 Å². The van der Waals surface area contributed by atoms with Gasteiger partial charge in [-0.3, -0.25) is 0 Å². The lowest BCUT2D eigenvalue weighted by atomic mass is 9.92. The first kappa shape index (κ1) is 24.9. The highest BCUT2D eigenvalue weighted by Crippen LogP contribution is 2.32. The van der Waals surface area contributed by atoms with E-state index in [-0.39, 0.29) is 29.4 Å². The third-order valence-electron chi connectivity index (χ3n) is 5.78. The lowest BCUT2D eigenvalue weighted by molar-refractivity contribution is -0.274. The molecule has 0 aromatic heterocycles. The summed E-state index contributed by atoms with van der Waals surface area (Å²) in [6.07, 6.45) is -4.44. The Labute approximate surface area is 189 Å². The summed E-state index contributed by atoms with van der Waals surface area (Å²) in [7, 11) is 0. The van der Waals surface area contributed by atoms with Gasteiger partial charge in [0.05, 0.1) is 6.61 Å². The van der Waals surface area contributed by atoms with Gasteiger partial charge in [-0.1, -0.05) is 13.8 Å². The first-order valence-corrected chi connectivity index (χ1v) is 10.9. The minimum atomic E-state index is -4.92. The van der Waals surface area contributed by atoms with Crippen LogP contribution in [0.4, 0.5) is 27.2 Å². The molecule has 2 saturated heterocycles. The highest BCUT2D eigenvalue weighted by atomic mass is 19.4. The normalized spacial score (nSPS) is 20.9. The van der Waals surface area contributed by atoms with E-state index in [0.29, 0.717) is 51.7 Å². The summed E-state index contributed by atoms with van der Waals surface area (Å²) in [5.74, 6) is -0.863. The zero-order valence-electron chi connectivity index (χ0n) is 18.6. The van der Waals surface area contributed by atoms with Crippen LogP contribution >= 0.6 is 0 Å². The van der Waals surface area contributed by atoms with Crippen LogP contribution in [-0.4, -0.2) is 61.1 Å². The fraction of sp³-hybridized carbons (Fsp3) is 0.636. The number of alkyl halides is 3. The Hall–Kier alpha value is -2.72. The predicted octanol–water partition coefficient (Wildman–Crippen LogP) is 4.80. The molecule has 2 fully saturated rings. The summed E-state index contributed by atoms with van der Waals surface area (Å²) in [4.78, 5) is 27.9. The molecular formula is C22H28F4N2O5. The van der Waals surface area contributed by atoms with Gasteiger partial charge < -0.3 is 24.0 Å². The van der Waals surface area contributed by atoms with Crippen molar-refractivity contribution in [2.24, 2.45) is 17.8 Å². The van der Waals surface area contributed by atoms with Gasteiger partial charge in [0.15, 0.2) is 0 Å². The molecule has 2 heterocycles. The summed E-state index contributed by atoms with van der Waals surface area (Å²) < 4.78 is 64.9. The van der Waals surface area contributed by atoms with Crippen molar-refractivity contribution in [3.8, 4) is 5.75 Å². The third-order valence-corrected chi connectivity index (χ3v) is 5.78. The third kappa shape index (κ3) is 7.13. The van der Waals surface area contributed by atoms with Gasteiger partial charge in [-0.05, 0) is 42.7 Å². The Balaban J connectivity index is 1.46. The molecule has 2 amide bonds. The molecule has 0 aliphatic carbocycles. The summed E-state index contributed by atoms with van der Waals surface area (Å²) in [6.45, 7) is 5.97. The van der Waals surface area contributed by atoms with Gasteiger partial charge in [-0.25, -0.2) is 14.0 Å². The molecule has 2 aliphatic rings. The first-order chi connectivity index (χ1) is 15.5. The van der Waals surface area contributed by atoms with E-state index in [1.807, 2.05) is 13.8 Å². The largest absolute Gasteiger partial charge is 0.573 e. The van der Waals surface area contributed by atoms with Crippen LogP contribution in [0.25, 0.3) is 0 Å². The van der Waals surface area contributed by atoms with E-state index in [0.717, 1.165) is 12.1 Å². The van der Waals surface area contributed by atoms with Crippen LogP contribution in [0.5, 0.6) is 5.75 Å². The molecule has 1 aromatic rings. The maximum atomic E-state index is 14.0. The van der Waals surface area contributed by atoms with Gasteiger partial charge in [0.25, 0.3) is 0 Å². The van der Waals surface area contributed by atoms with E-state index in [2.05, 4.69) is 4.74 Å². The topological polar surface area (TPSA) is 68.3 Å². The molecule has 0 bridgehead atoms. The van der Waals surface area contributed by atoms with Crippen LogP contribution in [0.1, 0.15) is 32.3 Å². The zero-order valence-corrected chi connectivity index (χ0v) is 18.6. The van der Waals surface area contributed by atoms with Crippen molar-refractivity contribution in [2.75, 3.05) is 32.8 Å². The Morgan fingerprint density at radius 3 is 2.18 bits per heavy atom.